The maximum Gasteiger partial charge on any atom is 0.214 e. The van der Waals surface area contributed by atoms with Gasteiger partial charge in [-0.1, -0.05) is 30.0 Å². The van der Waals surface area contributed by atoms with Crippen LogP contribution in [0.25, 0.3) is 5.69 Å². The molecule has 6 nitrogen and oxygen atoms in total. The number of aromatic nitrogens is 4. The molecule has 0 aliphatic rings. The average Bonchev–Trinajstić information content (AvgIpc) is 2.93. The molecule has 106 valence electrons. The maximum atomic E-state index is 5.79. The summed E-state index contributed by atoms with van der Waals surface area (Å²) in [6.07, 6.45) is 0. The summed E-state index contributed by atoms with van der Waals surface area (Å²) in [6.45, 7) is 0. The van der Waals surface area contributed by atoms with Crippen molar-refractivity contribution in [2.24, 2.45) is 0 Å². The van der Waals surface area contributed by atoms with E-state index in [9.17, 15) is 0 Å². The molecule has 0 amide bonds. The Bertz CT molecular complexity index is 720. The number of nitrogen functional groups attached to an aromatic ring is 2. The maximum absolute atomic E-state index is 5.79. The summed E-state index contributed by atoms with van der Waals surface area (Å²) in [5.74, 6) is 0.697. The van der Waals surface area contributed by atoms with Gasteiger partial charge in [0.05, 0.1) is 5.69 Å². The fourth-order valence-corrected chi connectivity index (χ4v) is 2.80. The van der Waals surface area contributed by atoms with Crippen molar-refractivity contribution in [2.45, 2.75) is 10.9 Å². The summed E-state index contributed by atoms with van der Waals surface area (Å²) in [7, 11) is 0. The van der Waals surface area contributed by atoms with Crippen molar-refractivity contribution in [3.05, 3.63) is 54.1 Å². The average molecular weight is 298 g/mol. The van der Waals surface area contributed by atoms with Gasteiger partial charge in [-0.05, 0) is 46.3 Å². The Morgan fingerprint density at radius 1 is 1.00 bits per heavy atom. The lowest BCUT2D eigenvalue weighted by molar-refractivity contribution is 0.756. The first-order valence-corrected chi connectivity index (χ1v) is 7.32. The summed E-state index contributed by atoms with van der Waals surface area (Å²) >= 11 is 1.53. The normalized spacial score (nSPS) is 10.7. The van der Waals surface area contributed by atoms with Crippen LogP contribution >= 0.6 is 11.8 Å². The van der Waals surface area contributed by atoms with Crippen LogP contribution in [0, 0.1) is 0 Å². The summed E-state index contributed by atoms with van der Waals surface area (Å²) in [5.41, 5.74) is 14.9. The van der Waals surface area contributed by atoms with E-state index in [1.807, 2.05) is 42.5 Å². The van der Waals surface area contributed by atoms with Gasteiger partial charge in [0.2, 0.25) is 5.16 Å². The van der Waals surface area contributed by atoms with Gasteiger partial charge in [-0.2, -0.15) is 4.68 Å². The van der Waals surface area contributed by atoms with E-state index >= 15 is 0 Å². The van der Waals surface area contributed by atoms with E-state index in [-0.39, 0.29) is 0 Å². The molecule has 0 atom stereocenters. The monoisotopic (exact) mass is 298 g/mol. The predicted molar refractivity (Wildman–Crippen MR) is 84.0 cm³/mol. The number of tetrazole rings is 1. The smallest absolute Gasteiger partial charge is 0.214 e. The predicted octanol–water partition coefficient (Wildman–Crippen LogP) is 2.12. The first-order valence-electron chi connectivity index (χ1n) is 6.34. The highest BCUT2D eigenvalue weighted by atomic mass is 32.2. The van der Waals surface area contributed by atoms with Crippen LogP contribution in [0.4, 0.5) is 11.4 Å². The zero-order valence-corrected chi connectivity index (χ0v) is 12.0. The summed E-state index contributed by atoms with van der Waals surface area (Å²) in [5, 5.41) is 12.5. The quantitative estimate of drug-likeness (QED) is 0.566. The third kappa shape index (κ3) is 3.14. The fraction of sp³-hybridized carbons (Fsp3) is 0.0714. The highest BCUT2D eigenvalue weighted by Gasteiger charge is 2.09. The van der Waals surface area contributed by atoms with Gasteiger partial charge in [0.15, 0.2) is 0 Å². The second kappa shape index (κ2) is 5.84. The van der Waals surface area contributed by atoms with Crippen LogP contribution in [0.3, 0.4) is 0 Å². The minimum atomic E-state index is 0.660. The molecular weight excluding hydrogens is 284 g/mol. The molecule has 3 aromatic rings. The Kier molecular flexibility index (Phi) is 3.74. The SMILES string of the molecule is Nc1cc(N)cc(CSc2nnnn2-c2ccccc2)c1. The van der Waals surface area contributed by atoms with Gasteiger partial charge >= 0.3 is 0 Å². The van der Waals surface area contributed by atoms with Crippen molar-refractivity contribution in [1.82, 2.24) is 20.2 Å². The number of rotatable bonds is 4. The highest BCUT2D eigenvalue weighted by Crippen LogP contribution is 2.24. The molecule has 0 saturated carbocycles. The molecule has 2 aromatic carbocycles. The zero-order chi connectivity index (χ0) is 14.7. The first-order chi connectivity index (χ1) is 10.2. The minimum Gasteiger partial charge on any atom is -0.399 e. The molecule has 0 unspecified atom stereocenters. The van der Waals surface area contributed by atoms with Crippen molar-refractivity contribution in [1.29, 1.82) is 0 Å². The summed E-state index contributed by atoms with van der Waals surface area (Å²) in [6, 6.07) is 15.3. The molecule has 0 spiro atoms. The molecule has 0 saturated heterocycles. The van der Waals surface area contributed by atoms with Crippen LogP contribution in [-0.4, -0.2) is 20.2 Å². The molecule has 1 heterocycles. The van der Waals surface area contributed by atoms with Crippen LogP contribution in [0.5, 0.6) is 0 Å². The first kappa shape index (κ1) is 13.4. The minimum absolute atomic E-state index is 0.660. The van der Waals surface area contributed by atoms with Gasteiger partial charge < -0.3 is 11.5 Å². The molecule has 0 radical (unpaired) electrons. The Labute approximate surface area is 126 Å². The second-order valence-electron chi connectivity index (χ2n) is 4.51. The van der Waals surface area contributed by atoms with E-state index in [1.165, 1.54) is 11.8 Å². The van der Waals surface area contributed by atoms with E-state index < -0.39 is 0 Å². The number of anilines is 2. The number of nitrogens with two attached hydrogens (primary N) is 2. The molecule has 0 aliphatic heterocycles. The summed E-state index contributed by atoms with van der Waals surface area (Å²) < 4.78 is 1.71. The topological polar surface area (TPSA) is 95.6 Å². The molecule has 0 bridgehead atoms. The lowest BCUT2D eigenvalue weighted by atomic mass is 10.2. The van der Waals surface area contributed by atoms with E-state index in [1.54, 1.807) is 10.7 Å². The zero-order valence-electron chi connectivity index (χ0n) is 11.2. The number of benzene rings is 2. The number of hydrogen-bond donors (Lipinski definition) is 2. The molecule has 4 N–H and O–H groups in total. The van der Waals surface area contributed by atoms with E-state index in [0.29, 0.717) is 17.1 Å². The largest absolute Gasteiger partial charge is 0.399 e. The van der Waals surface area contributed by atoms with Crippen LogP contribution in [0.1, 0.15) is 5.56 Å². The Balaban J connectivity index is 1.79. The highest BCUT2D eigenvalue weighted by molar-refractivity contribution is 7.98. The Morgan fingerprint density at radius 2 is 1.71 bits per heavy atom. The van der Waals surface area contributed by atoms with Crippen LogP contribution in [-0.2, 0) is 5.75 Å². The summed E-state index contributed by atoms with van der Waals surface area (Å²) in [4.78, 5) is 0. The van der Waals surface area contributed by atoms with E-state index in [2.05, 4.69) is 15.5 Å². The number of hydrogen-bond acceptors (Lipinski definition) is 6. The second-order valence-corrected chi connectivity index (χ2v) is 5.45. The molecule has 0 aliphatic carbocycles. The van der Waals surface area contributed by atoms with Crippen molar-refractivity contribution in [3.8, 4) is 5.69 Å². The van der Waals surface area contributed by atoms with Crippen molar-refractivity contribution >= 4 is 23.1 Å². The van der Waals surface area contributed by atoms with Crippen molar-refractivity contribution < 1.29 is 0 Å². The van der Waals surface area contributed by atoms with E-state index in [4.69, 9.17) is 11.5 Å². The number of para-hydroxylation sites is 1. The van der Waals surface area contributed by atoms with Crippen LogP contribution in [0.15, 0.2) is 53.7 Å². The Morgan fingerprint density at radius 3 is 2.43 bits per heavy atom. The van der Waals surface area contributed by atoms with E-state index in [0.717, 1.165) is 16.4 Å². The Hall–Kier alpha value is -2.54. The standard InChI is InChI=1S/C14H14N6S/c15-11-6-10(7-12(16)8-11)9-21-14-17-18-19-20(14)13-4-2-1-3-5-13/h1-8H,9,15-16H2. The van der Waals surface area contributed by atoms with Gasteiger partial charge in [0, 0.05) is 17.1 Å². The third-order valence-corrected chi connectivity index (χ3v) is 3.84. The molecule has 1 aromatic heterocycles. The molecule has 21 heavy (non-hydrogen) atoms. The third-order valence-electron chi connectivity index (χ3n) is 2.85. The molecule has 3 rings (SSSR count). The fourth-order valence-electron chi connectivity index (χ4n) is 1.98. The van der Waals surface area contributed by atoms with Gasteiger partial charge in [-0.15, -0.1) is 5.10 Å². The molecule has 7 heteroatoms. The molecular formula is C14H14N6S. The van der Waals surface area contributed by atoms with Gasteiger partial charge in [0.1, 0.15) is 0 Å². The van der Waals surface area contributed by atoms with Gasteiger partial charge in [-0.3, -0.25) is 0 Å². The lowest BCUT2D eigenvalue weighted by Gasteiger charge is -2.05. The molecule has 0 fully saturated rings. The van der Waals surface area contributed by atoms with Crippen LogP contribution in [0.2, 0.25) is 0 Å². The number of thioether (sulfide) groups is 1. The van der Waals surface area contributed by atoms with Crippen molar-refractivity contribution in [3.63, 3.8) is 0 Å². The lowest BCUT2D eigenvalue weighted by Crippen LogP contribution is -1.99. The van der Waals surface area contributed by atoms with Gasteiger partial charge in [-0.25, -0.2) is 0 Å². The van der Waals surface area contributed by atoms with Gasteiger partial charge in [0.25, 0.3) is 0 Å². The van der Waals surface area contributed by atoms with Crippen molar-refractivity contribution in [2.75, 3.05) is 11.5 Å². The number of nitrogens with zero attached hydrogens (tertiary/aromatic N) is 4. The van der Waals surface area contributed by atoms with Crippen LogP contribution < -0.4 is 11.5 Å².